The fourth-order valence-corrected chi connectivity index (χ4v) is 2.96. The molecule has 4 nitrogen and oxygen atoms in total. The molecule has 0 saturated carbocycles. The second-order valence-electron chi connectivity index (χ2n) is 5.77. The van der Waals surface area contributed by atoms with Crippen molar-refractivity contribution in [2.75, 3.05) is 6.61 Å². The fourth-order valence-electron chi connectivity index (χ4n) is 2.83. The van der Waals surface area contributed by atoms with E-state index in [0.717, 1.165) is 22.8 Å². The number of aromatic nitrogens is 1. The highest BCUT2D eigenvalue weighted by Gasteiger charge is 2.15. The Morgan fingerprint density at radius 3 is 2.58 bits per heavy atom. The summed E-state index contributed by atoms with van der Waals surface area (Å²) in [6.07, 6.45) is 2.56. The number of carbonyl (C=O) groups excluding carboxylic acids is 2. The van der Waals surface area contributed by atoms with Crippen LogP contribution in [0.25, 0.3) is 17.0 Å². The summed E-state index contributed by atoms with van der Waals surface area (Å²) in [5.74, 6) is -0.405. The molecule has 1 heterocycles. The van der Waals surface area contributed by atoms with Crippen LogP contribution in [0.4, 0.5) is 0 Å². The molecule has 0 atom stereocenters. The van der Waals surface area contributed by atoms with Crippen LogP contribution < -0.4 is 0 Å². The lowest BCUT2D eigenvalue weighted by Crippen LogP contribution is -2.14. The lowest BCUT2D eigenvalue weighted by molar-refractivity contribution is -0.138. The quantitative estimate of drug-likeness (QED) is 0.358. The summed E-state index contributed by atoms with van der Waals surface area (Å²) in [4.78, 5) is 24.0. The lowest BCUT2D eigenvalue weighted by Gasteiger charge is -2.11. The van der Waals surface area contributed by atoms with Crippen molar-refractivity contribution in [3.63, 3.8) is 0 Å². The number of esters is 1. The molecule has 0 spiro atoms. The summed E-state index contributed by atoms with van der Waals surface area (Å²) in [7, 11) is 0. The van der Waals surface area contributed by atoms with E-state index >= 15 is 0 Å². The highest BCUT2D eigenvalue weighted by Crippen LogP contribution is 2.22. The molecule has 0 amide bonds. The zero-order chi connectivity index (χ0) is 18.5. The van der Waals surface area contributed by atoms with Crippen LogP contribution in [0.1, 0.15) is 23.0 Å². The van der Waals surface area contributed by atoms with Crippen LogP contribution in [0.3, 0.4) is 0 Å². The number of aldehydes is 1. The number of fused-ring (bicyclic) bond motifs is 1. The summed E-state index contributed by atoms with van der Waals surface area (Å²) in [5.41, 5.74) is 2.69. The SMILES string of the molecule is CCOC(=O)/C(=C/c1ccc(Cl)cc1)Cn1c(C=O)cc2ccccc21. The molecule has 0 saturated heterocycles. The van der Waals surface area contributed by atoms with Crippen molar-refractivity contribution in [1.29, 1.82) is 0 Å². The average Bonchev–Trinajstić information content (AvgIpc) is 3.01. The van der Waals surface area contributed by atoms with Gasteiger partial charge in [0.1, 0.15) is 0 Å². The van der Waals surface area contributed by atoms with Crippen molar-refractivity contribution in [2.24, 2.45) is 0 Å². The molecule has 0 radical (unpaired) electrons. The number of halogens is 1. The molecule has 1 aromatic heterocycles. The minimum atomic E-state index is -0.405. The van der Waals surface area contributed by atoms with Crippen LogP contribution in [-0.2, 0) is 16.1 Å². The van der Waals surface area contributed by atoms with Gasteiger partial charge >= 0.3 is 5.97 Å². The Balaban J connectivity index is 2.05. The zero-order valence-corrected chi connectivity index (χ0v) is 15.1. The third-order valence-electron chi connectivity index (χ3n) is 4.04. The van der Waals surface area contributed by atoms with Gasteiger partial charge in [0.2, 0.25) is 0 Å². The molecule has 3 rings (SSSR count). The monoisotopic (exact) mass is 367 g/mol. The Kier molecular flexibility index (Phi) is 5.54. The third kappa shape index (κ3) is 3.86. The van der Waals surface area contributed by atoms with Gasteiger partial charge in [-0.1, -0.05) is 41.9 Å². The first kappa shape index (κ1) is 18.0. The Morgan fingerprint density at radius 1 is 1.15 bits per heavy atom. The molecule has 0 aliphatic heterocycles. The summed E-state index contributed by atoms with van der Waals surface area (Å²) in [6.45, 7) is 2.28. The maximum absolute atomic E-state index is 12.5. The minimum Gasteiger partial charge on any atom is -0.463 e. The maximum Gasteiger partial charge on any atom is 0.335 e. The van der Waals surface area contributed by atoms with Crippen LogP contribution in [0.5, 0.6) is 0 Å². The molecule has 0 fully saturated rings. The fraction of sp³-hybridized carbons (Fsp3) is 0.143. The standard InChI is InChI=1S/C21H18ClNO3/c1-2-26-21(25)17(11-15-7-9-18(22)10-8-15)13-23-19(14-24)12-16-5-3-4-6-20(16)23/h3-12,14H,2,13H2,1H3/b17-11+. The Labute approximate surface area is 156 Å². The van der Waals surface area contributed by atoms with E-state index in [1.54, 1.807) is 25.1 Å². The van der Waals surface area contributed by atoms with Gasteiger partial charge in [-0.3, -0.25) is 4.79 Å². The Hall–Kier alpha value is -2.85. The van der Waals surface area contributed by atoms with E-state index in [2.05, 4.69) is 0 Å². The van der Waals surface area contributed by atoms with Gasteiger partial charge < -0.3 is 9.30 Å². The van der Waals surface area contributed by atoms with E-state index in [1.165, 1.54) is 0 Å². The molecular formula is C21H18ClNO3. The Bertz CT molecular complexity index is 971. The molecule has 2 aromatic carbocycles. The first-order valence-corrected chi connectivity index (χ1v) is 8.67. The highest BCUT2D eigenvalue weighted by molar-refractivity contribution is 6.30. The largest absolute Gasteiger partial charge is 0.463 e. The summed E-state index contributed by atoms with van der Waals surface area (Å²) in [5, 5.41) is 1.57. The number of ether oxygens (including phenoxy) is 1. The van der Waals surface area contributed by atoms with Crippen molar-refractivity contribution in [3.05, 3.63) is 76.5 Å². The molecular weight excluding hydrogens is 350 g/mol. The van der Waals surface area contributed by atoms with Gasteiger partial charge in [0.05, 0.1) is 24.4 Å². The van der Waals surface area contributed by atoms with Crippen LogP contribution >= 0.6 is 11.6 Å². The number of para-hydroxylation sites is 1. The van der Waals surface area contributed by atoms with Gasteiger partial charge in [0.25, 0.3) is 0 Å². The van der Waals surface area contributed by atoms with Crippen LogP contribution in [0.15, 0.2) is 60.2 Å². The van der Waals surface area contributed by atoms with Gasteiger partial charge in [-0.2, -0.15) is 0 Å². The number of carbonyl (C=O) groups is 2. The molecule has 0 aliphatic carbocycles. The molecule has 0 unspecified atom stereocenters. The second-order valence-corrected chi connectivity index (χ2v) is 6.21. The normalized spacial score (nSPS) is 11.5. The first-order chi connectivity index (χ1) is 12.6. The van der Waals surface area contributed by atoms with Crippen LogP contribution in [0, 0.1) is 0 Å². The predicted octanol–water partition coefficient (Wildman–Crippen LogP) is 4.75. The Morgan fingerprint density at radius 2 is 1.88 bits per heavy atom. The molecule has 0 bridgehead atoms. The van der Waals surface area contributed by atoms with Gasteiger partial charge in [-0.15, -0.1) is 0 Å². The van der Waals surface area contributed by atoms with Crippen LogP contribution in [0.2, 0.25) is 5.02 Å². The van der Waals surface area contributed by atoms with E-state index in [0.29, 0.717) is 16.3 Å². The van der Waals surface area contributed by atoms with Crippen molar-refractivity contribution in [1.82, 2.24) is 4.57 Å². The molecule has 132 valence electrons. The topological polar surface area (TPSA) is 48.3 Å². The van der Waals surface area contributed by atoms with Gasteiger partial charge in [-0.25, -0.2) is 4.79 Å². The van der Waals surface area contributed by atoms with E-state index in [1.807, 2.05) is 47.0 Å². The van der Waals surface area contributed by atoms with E-state index in [4.69, 9.17) is 16.3 Å². The van der Waals surface area contributed by atoms with E-state index < -0.39 is 5.97 Å². The minimum absolute atomic E-state index is 0.239. The summed E-state index contributed by atoms with van der Waals surface area (Å²) in [6, 6.07) is 16.7. The van der Waals surface area contributed by atoms with Crippen molar-refractivity contribution < 1.29 is 14.3 Å². The molecule has 26 heavy (non-hydrogen) atoms. The van der Waals surface area contributed by atoms with Gasteiger partial charge in [0, 0.05) is 15.9 Å². The van der Waals surface area contributed by atoms with Crippen molar-refractivity contribution in [3.8, 4) is 0 Å². The molecule has 0 aliphatic rings. The number of nitrogens with zero attached hydrogens (tertiary/aromatic N) is 1. The molecule has 3 aromatic rings. The second kappa shape index (κ2) is 8.02. The van der Waals surface area contributed by atoms with E-state index in [-0.39, 0.29) is 13.2 Å². The van der Waals surface area contributed by atoms with Crippen molar-refractivity contribution in [2.45, 2.75) is 13.5 Å². The van der Waals surface area contributed by atoms with Gasteiger partial charge in [-0.05, 0) is 42.8 Å². The number of benzene rings is 2. The predicted molar refractivity (Wildman–Crippen MR) is 103 cm³/mol. The smallest absolute Gasteiger partial charge is 0.335 e. The first-order valence-electron chi connectivity index (χ1n) is 8.29. The number of hydrogen-bond acceptors (Lipinski definition) is 3. The number of rotatable bonds is 6. The summed E-state index contributed by atoms with van der Waals surface area (Å²) >= 11 is 5.93. The maximum atomic E-state index is 12.5. The molecule has 5 heteroatoms. The van der Waals surface area contributed by atoms with Crippen LogP contribution in [-0.4, -0.2) is 23.4 Å². The summed E-state index contributed by atoms with van der Waals surface area (Å²) < 4.78 is 7.02. The van der Waals surface area contributed by atoms with E-state index in [9.17, 15) is 9.59 Å². The molecule has 0 N–H and O–H groups in total. The lowest BCUT2D eigenvalue weighted by atomic mass is 10.1. The van der Waals surface area contributed by atoms with Gasteiger partial charge in [0.15, 0.2) is 6.29 Å². The third-order valence-corrected chi connectivity index (χ3v) is 4.29. The number of hydrogen-bond donors (Lipinski definition) is 0. The van der Waals surface area contributed by atoms with Crippen molar-refractivity contribution >= 4 is 40.8 Å². The zero-order valence-electron chi connectivity index (χ0n) is 14.3. The highest BCUT2D eigenvalue weighted by atomic mass is 35.5. The average molecular weight is 368 g/mol.